The number of amides is 1. The predicted molar refractivity (Wildman–Crippen MR) is 78.3 cm³/mol. The van der Waals surface area contributed by atoms with E-state index in [0.29, 0.717) is 31.0 Å². The summed E-state index contributed by atoms with van der Waals surface area (Å²) in [7, 11) is 0. The first-order valence-electron chi connectivity index (χ1n) is 7.28. The maximum atomic E-state index is 12.4. The van der Waals surface area contributed by atoms with E-state index in [4.69, 9.17) is 5.11 Å². The summed E-state index contributed by atoms with van der Waals surface area (Å²) in [5.74, 6) is -0.527. The van der Waals surface area contributed by atoms with Crippen LogP contribution < -0.4 is 0 Å². The molecule has 1 aromatic carbocycles. The largest absolute Gasteiger partial charge is 0.507 e. The number of phenols is 1. The maximum absolute atomic E-state index is 12.4. The van der Waals surface area contributed by atoms with E-state index in [-0.39, 0.29) is 18.1 Å². The van der Waals surface area contributed by atoms with Crippen LogP contribution in [0.4, 0.5) is 0 Å². The fraction of sp³-hybridized carbons (Fsp3) is 0.500. The van der Waals surface area contributed by atoms with Crippen molar-refractivity contribution < 1.29 is 19.8 Å². The molecule has 0 aromatic heterocycles. The Labute approximate surface area is 124 Å². The third-order valence-electron chi connectivity index (χ3n) is 4.05. The van der Waals surface area contributed by atoms with E-state index in [0.717, 1.165) is 18.4 Å². The molecule has 0 radical (unpaired) electrons. The topological polar surface area (TPSA) is 77.8 Å². The molecular formula is C16H21NO4. The molecule has 5 heteroatoms. The van der Waals surface area contributed by atoms with Gasteiger partial charge in [0.15, 0.2) is 0 Å². The Kier molecular flexibility index (Phi) is 4.83. The molecule has 1 aliphatic heterocycles. The van der Waals surface area contributed by atoms with E-state index in [9.17, 15) is 14.7 Å². The number of carbonyl (C=O) groups is 2. The van der Waals surface area contributed by atoms with Crippen molar-refractivity contribution in [3.05, 3.63) is 29.3 Å². The highest BCUT2D eigenvalue weighted by molar-refractivity contribution is 5.97. The Morgan fingerprint density at radius 3 is 2.57 bits per heavy atom. The molecule has 5 nitrogen and oxygen atoms in total. The normalized spacial score (nSPS) is 16.0. The summed E-state index contributed by atoms with van der Waals surface area (Å²) >= 11 is 0. The van der Waals surface area contributed by atoms with Crippen LogP contribution in [0.25, 0.3) is 0 Å². The standard InChI is InChI=1S/C16H21NO4/c1-11-2-4-14(18)13(10-11)16(21)17-8-6-12(7-9-17)3-5-15(19)20/h2,4,10,12,18H,3,5-9H2,1H3,(H,19,20). The third-order valence-corrected chi connectivity index (χ3v) is 4.05. The number of nitrogens with zero attached hydrogens (tertiary/aromatic N) is 1. The zero-order valence-corrected chi connectivity index (χ0v) is 12.2. The smallest absolute Gasteiger partial charge is 0.303 e. The highest BCUT2D eigenvalue weighted by Gasteiger charge is 2.25. The van der Waals surface area contributed by atoms with Crippen LogP contribution in [0, 0.1) is 12.8 Å². The zero-order valence-electron chi connectivity index (χ0n) is 12.2. The van der Waals surface area contributed by atoms with Crippen LogP contribution in [0.5, 0.6) is 5.75 Å². The minimum Gasteiger partial charge on any atom is -0.507 e. The second-order valence-corrected chi connectivity index (χ2v) is 5.69. The monoisotopic (exact) mass is 291 g/mol. The van der Waals surface area contributed by atoms with Gasteiger partial charge in [-0.05, 0) is 44.2 Å². The van der Waals surface area contributed by atoms with Crippen molar-refractivity contribution in [3.8, 4) is 5.75 Å². The van der Waals surface area contributed by atoms with Gasteiger partial charge in [0.1, 0.15) is 5.75 Å². The number of aliphatic carboxylic acids is 1. The van der Waals surface area contributed by atoms with E-state index in [1.54, 1.807) is 23.1 Å². The van der Waals surface area contributed by atoms with Crippen molar-refractivity contribution in [2.45, 2.75) is 32.6 Å². The predicted octanol–water partition coefficient (Wildman–Crippen LogP) is 2.42. The molecule has 1 saturated heterocycles. The van der Waals surface area contributed by atoms with Crippen molar-refractivity contribution in [3.63, 3.8) is 0 Å². The van der Waals surface area contributed by atoms with Gasteiger partial charge < -0.3 is 15.1 Å². The summed E-state index contributed by atoms with van der Waals surface area (Å²) in [5, 5.41) is 18.5. The number of carbonyl (C=O) groups excluding carboxylic acids is 1. The Bertz CT molecular complexity index is 533. The first kappa shape index (κ1) is 15.4. The van der Waals surface area contributed by atoms with Gasteiger partial charge in [0, 0.05) is 19.5 Å². The minimum absolute atomic E-state index is 0.0126. The first-order valence-corrected chi connectivity index (χ1v) is 7.28. The van der Waals surface area contributed by atoms with E-state index in [2.05, 4.69) is 0 Å². The number of rotatable bonds is 4. The van der Waals surface area contributed by atoms with Crippen LogP contribution in [-0.4, -0.2) is 40.1 Å². The Morgan fingerprint density at radius 1 is 1.29 bits per heavy atom. The summed E-state index contributed by atoms with van der Waals surface area (Å²) in [6.07, 6.45) is 2.52. The fourth-order valence-electron chi connectivity index (χ4n) is 2.74. The summed E-state index contributed by atoms with van der Waals surface area (Å²) in [4.78, 5) is 24.7. The summed E-state index contributed by atoms with van der Waals surface area (Å²) < 4.78 is 0. The molecule has 0 bridgehead atoms. The summed E-state index contributed by atoms with van der Waals surface area (Å²) in [6, 6.07) is 5.01. The lowest BCUT2D eigenvalue weighted by molar-refractivity contribution is -0.137. The van der Waals surface area contributed by atoms with E-state index in [1.165, 1.54) is 0 Å². The lowest BCUT2D eigenvalue weighted by atomic mass is 9.92. The van der Waals surface area contributed by atoms with Crippen LogP contribution in [0.3, 0.4) is 0 Å². The van der Waals surface area contributed by atoms with Crippen molar-refractivity contribution in [1.29, 1.82) is 0 Å². The third kappa shape index (κ3) is 3.97. The molecule has 21 heavy (non-hydrogen) atoms. The molecular weight excluding hydrogens is 270 g/mol. The molecule has 114 valence electrons. The molecule has 0 aliphatic carbocycles. The van der Waals surface area contributed by atoms with E-state index >= 15 is 0 Å². The number of carboxylic acid groups (broad SMARTS) is 1. The van der Waals surface area contributed by atoms with E-state index < -0.39 is 5.97 Å². The quantitative estimate of drug-likeness (QED) is 0.893. The van der Waals surface area contributed by atoms with Crippen LogP contribution in [0.1, 0.15) is 41.6 Å². The second kappa shape index (κ2) is 6.61. The maximum Gasteiger partial charge on any atom is 0.303 e. The van der Waals surface area contributed by atoms with Gasteiger partial charge in [-0.25, -0.2) is 0 Å². The van der Waals surface area contributed by atoms with Crippen molar-refractivity contribution in [2.24, 2.45) is 5.92 Å². The highest BCUT2D eigenvalue weighted by Crippen LogP contribution is 2.25. The van der Waals surface area contributed by atoms with Gasteiger partial charge >= 0.3 is 5.97 Å². The van der Waals surface area contributed by atoms with Crippen molar-refractivity contribution in [1.82, 2.24) is 4.90 Å². The molecule has 2 N–H and O–H groups in total. The van der Waals surface area contributed by atoms with Crippen LogP contribution in [0.2, 0.25) is 0 Å². The summed E-state index contributed by atoms with van der Waals surface area (Å²) in [6.45, 7) is 3.13. The van der Waals surface area contributed by atoms with E-state index in [1.807, 2.05) is 6.92 Å². The highest BCUT2D eigenvalue weighted by atomic mass is 16.4. The number of aryl methyl sites for hydroxylation is 1. The molecule has 0 saturated carbocycles. The Morgan fingerprint density at radius 2 is 1.95 bits per heavy atom. The number of carboxylic acids is 1. The number of hydrogen-bond acceptors (Lipinski definition) is 3. The Hall–Kier alpha value is -2.04. The van der Waals surface area contributed by atoms with Gasteiger partial charge in [0.2, 0.25) is 0 Å². The van der Waals surface area contributed by atoms with Crippen LogP contribution in [-0.2, 0) is 4.79 Å². The van der Waals surface area contributed by atoms with Gasteiger partial charge in [-0.15, -0.1) is 0 Å². The van der Waals surface area contributed by atoms with Crippen molar-refractivity contribution in [2.75, 3.05) is 13.1 Å². The average Bonchev–Trinajstić information content (AvgIpc) is 2.47. The van der Waals surface area contributed by atoms with Gasteiger partial charge in [-0.3, -0.25) is 9.59 Å². The molecule has 1 aliphatic rings. The number of benzene rings is 1. The van der Waals surface area contributed by atoms with Gasteiger partial charge in [0.25, 0.3) is 5.91 Å². The number of likely N-dealkylation sites (tertiary alicyclic amines) is 1. The Balaban J connectivity index is 1.94. The van der Waals surface area contributed by atoms with Crippen molar-refractivity contribution >= 4 is 11.9 Å². The molecule has 1 amide bonds. The number of hydrogen-bond donors (Lipinski definition) is 2. The number of phenolic OH excluding ortho intramolecular Hbond substituents is 1. The average molecular weight is 291 g/mol. The van der Waals surface area contributed by atoms with Gasteiger partial charge in [-0.1, -0.05) is 11.6 Å². The lowest BCUT2D eigenvalue weighted by Gasteiger charge is -2.32. The molecule has 1 fully saturated rings. The number of aromatic hydroxyl groups is 1. The second-order valence-electron chi connectivity index (χ2n) is 5.69. The SMILES string of the molecule is Cc1ccc(O)c(C(=O)N2CCC(CCC(=O)O)CC2)c1. The molecule has 0 atom stereocenters. The molecule has 1 aromatic rings. The molecule has 2 rings (SSSR count). The number of piperidine rings is 1. The lowest BCUT2D eigenvalue weighted by Crippen LogP contribution is -2.38. The molecule has 1 heterocycles. The molecule has 0 unspecified atom stereocenters. The van der Waals surface area contributed by atoms with Gasteiger partial charge in [-0.2, -0.15) is 0 Å². The minimum atomic E-state index is -0.766. The van der Waals surface area contributed by atoms with Crippen LogP contribution >= 0.6 is 0 Å². The van der Waals surface area contributed by atoms with Gasteiger partial charge in [0.05, 0.1) is 5.56 Å². The molecule has 0 spiro atoms. The summed E-state index contributed by atoms with van der Waals surface area (Å²) in [5.41, 5.74) is 1.28. The van der Waals surface area contributed by atoms with Crippen LogP contribution in [0.15, 0.2) is 18.2 Å². The first-order chi connectivity index (χ1) is 9.97. The fourth-order valence-corrected chi connectivity index (χ4v) is 2.74. The zero-order chi connectivity index (χ0) is 15.4.